The molecule has 1 heterocycles. The minimum Gasteiger partial charge on any atom is -0.424 e. The summed E-state index contributed by atoms with van der Waals surface area (Å²) >= 11 is 0. The fourth-order valence-corrected chi connectivity index (χ4v) is 4.14. The van der Waals surface area contributed by atoms with E-state index in [1.165, 1.54) is 25.7 Å². The van der Waals surface area contributed by atoms with Gasteiger partial charge >= 0.3 is 0 Å². The van der Waals surface area contributed by atoms with E-state index in [9.17, 15) is 0 Å². The fourth-order valence-electron chi connectivity index (χ4n) is 4.14. The molecule has 2 aliphatic rings. The maximum atomic E-state index is 5.76. The molecule has 19 heavy (non-hydrogen) atoms. The van der Waals surface area contributed by atoms with Gasteiger partial charge in [0.2, 0.25) is 0 Å². The van der Waals surface area contributed by atoms with Gasteiger partial charge in [0, 0.05) is 6.04 Å². The van der Waals surface area contributed by atoms with Crippen LogP contribution in [0.1, 0.15) is 32.6 Å². The molecule has 2 aliphatic carbocycles. The van der Waals surface area contributed by atoms with Crippen LogP contribution < -0.4 is 5.32 Å². The first-order valence-electron chi connectivity index (χ1n) is 7.41. The van der Waals surface area contributed by atoms with Crippen LogP contribution in [0.5, 0.6) is 0 Å². The summed E-state index contributed by atoms with van der Waals surface area (Å²) in [5, 5.41) is 3.48. The van der Waals surface area contributed by atoms with Gasteiger partial charge in [0.15, 0.2) is 5.58 Å². The van der Waals surface area contributed by atoms with Crippen LogP contribution in [0.2, 0.25) is 0 Å². The van der Waals surface area contributed by atoms with Crippen molar-refractivity contribution < 1.29 is 4.42 Å². The van der Waals surface area contributed by atoms with Crippen molar-refractivity contribution in [3.8, 4) is 0 Å². The summed E-state index contributed by atoms with van der Waals surface area (Å²) in [6, 6.07) is 9.08. The van der Waals surface area contributed by atoms with Gasteiger partial charge in [-0.05, 0) is 56.1 Å². The molecule has 0 amide bonds. The second-order valence-corrected chi connectivity index (χ2v) is 6.26. The lowest BCUT2D eigenvalue weighted by atomic mass is 9.84. The molecule has 1 N–H and O–H groups in total. The van der Waals surface area contributed by atoms with Crippen molar-refractivity contribution >= 4 is 17.1 Å². The molecule has 0 spiro atoms. The van der Waals surface area contributed by atoms with Crippen molar-refractivity contribution in [2.75, 3.05) is 5.32 Å². The minimum absolute atomic E-state index is 0.461. The first-order chi connectivity index (χ1) is 9.29. The lowest BCUT2D eigenvalue weighted by Crippen LogP contribution is -2.30. The summed E-state index contributed by atoms with van der Waals surface area (Å²) < 4.78 is 5.76. The van der Waals surface area contributed by atoms with E-state index in [2.05, 4.69) is 17.2 Å². The predicted octanol–water partition coefficient (Wildman–Crippen LogP) is 4.06. The molecule has 4 rings (SSSR count). The number of para-hydroxylation sites is 2. The van der Waals surface area contributed by atoms with Crippen molar-refractivity contribution in [2.45, 2.75) is 38.6 Å². The zero-order chi connectivity index (χ0) is 12.8. The van der Waals surface area contributed by atoms with Crippen LogP contribution in [-0.2, 0) is 0 Å². The van der Waals surface area contributed by atoms with Gasteiger partial charge < -0.3 is 9.73 Å². The fraction of sp³-hybridized carbons (Fsp3) is 0.562. The first-order valence-corrected chi connectivity index (χ1v) is 7.41. The van der Waals surface area contributed by atoms with Crippen molar-refractivity contribution in [2.24, 2.45) is 17.8 Å². The highest BCUT2D eigenvalue weighted by atomic mass is 16.4. The van der Waals surface area contributed by atoms with Gasteiger partial charge in [-0.2, -0.15) is 4.98 Å². The van der Waals surface area contributed by atoms with E-state index in [-0.39, 0.29) is 0 Å². The van der Waals surface area contributed by atoms with Gasteiger partial charge in [0.05, 0.1) is 0 Å². The lowest BCUT2D eigenvalue weighted by Gasteiger charge is -2.27. The largest absolute Gasteiger partial charge is 0.424 e. The van der Waals surface area contributed by atoms with Gasteiger partial charge in [0.1, 0.15) is 5.52 Å². The number of anilines is 1. The van der Waals surface area contributed by atoms with E-state index in [1.807, 2.05) is 24.3 Å². The normalized spacial score (nSPS) is 30.9. The van der Waals surface area contributed by atoms with Crippen molar-refractivity contribution in [1.82, 2.24) is 4.98 Å². The topological polar surface area (TPSA) is 38.1 Å². The van der Waals surface area contributed by atoms with Crippen LogP contribution in [0.25, 0.3) is 11.1 Å². The van der Waals surface area contributed by atoms with Gasteiger partial charge in [-0.3, -0.25) is 0 Å². The Labute approximate surface area is 113 Å². The van der Waals surface area contributed by atoms with Gasteiger partial charge in [-0.1, -0.05) is 18.6 Å². The average Bonchev–Trinajstić information content (AvgIpc) is 3.12. The van der Waals surface area contributed by atoms with E-state index in [4.69, 9.17) is 4.42 Å². The van der Waals surface area contributed by atoms with E-state index < -0.39 is 0 Å². The van der Waals surface area contributed by atoms with Crippen molar-refractivity contribution in [3.63, 3.8) is 0 Å². The average molecular weight is 256 g/mol. The van der Waals surface area contributed by atoms with Crippen LogP contribution in [0.4, 0.5) is 6.01 Å². The first kappa shape index (κ1) is 11.3. The maximum Gasteiger partial charge on any atom is 0.295 e. The van der Waals surface area contributed by atoms with E-state index in [0.29, 0.717) is 12.1 Å². The summed E-state index contributed by atoms with van der Waals surface area (Å²) in [4.78, 5) is 4.51. The summed E-state index contributed by atoms with van der Waals surface area (Å²) in [5.74, 6) is 2.72. The number of benzene rings is 1. The van der Waals surface area contributed by atoms with Gasteiger partial charge in [-0.25, -0.2) is 0 Å². The number of fused-ring (bicyclic) bond motifs is 3. The second kappa shape index (κ2) is 4.26. The third kappa shape index (κ3) is 1.92. The highest BCUT2D eigenvalue weighted by molar-refractivity contribution is 5.74. The third-order valence-electron chi connectivity index (χ3n) is 5.08. The molecule has 3 heteroatoms. The van der Waals surface area contributed by atoms with E-state index >= 15 is 0 Å². The zero-order valence-corrected chi connectivity index (χ0v) is 11.3. The molecule has 2 fully saturated rings. The monoisotopic (exact) mass is 256 g/mol. The summed E-state index contributed by atoms with van der Waals surface area (Å²) in [6.07, 6.45) is 5.72. The van der Waals surface area contributed by atoms with Crippen LogP contribution in [0.3, 0.4) is 0 Å². The summed E-state index contributed by atoms with van der Waals surface area (Å²) in [5.41, 5.74) is 1.80. The van der Waals surface area contributed by atoms with Gasteiger partial charge in [-0.15, -0.1) is 0 Å². The molecule has 2 saturated carbocycles. The SMILES string of the molecule is CC(Nc1nc2ccccc2o1)C1CC2CCC1C2. The smallest absolute Gasteiger partial charge is 0.295 e. The van der Waals surface area contributed by atoms with Crippen LogP contribution in [0.15, 0.2) is 28.7 Å². The predicted molar refractivity (Wildman–Crippen MR) is 76.0 cm³/mol. The van der Waals surface area contributed by atoms with Crippen molar-refractivity contribution in [1.29, 1.82) is 0 Å². The van der Waals surface area contributed by atoms with Crippen molar-refractivity contribution in [3.05, 3.63) is 24.3 Å². The molecule has 100 valence electrons. The van der Waals surface area contributed by atoms with Gasteiger partial charge in [0.25, 0.3) is 6.01 Å². The number of oxazole rings is 1. The van der Waals surface area contributed by atoms with E-state index in [1.54, 1.807) is 0 Å². The molecule has 4 atom stereocenters. The zero-order valence-electron chi connectivity index (χ0n) is 11.3. The highest BCUT2D eigenvalue weighted by Crippen LogP contribution is 2.49. The number of nitrogens with zero attached hydrogens (tertiary/aromatic N) is 1. The second-order valence-electron chi connectivity index (χ2n) is 6.26. The number of hydrogen-bond acceptors (Lipinski definition) is 3. The lowest BCUT2D eigenvalue weighted by molar-refractivity contribution is 0.301. The Morgan fingerprint density at radius 3 is 2.89 bits per heavy atom. The minimum atomic E-state index is 0.461. The Hall–Kier alpha value is -1.51. The molecule has 0 saturated heterocycles. The van der Waals surface area contributed by atoms with Crippen LogP contribution >= 0.6 is 0 Å². The van der Waals surface area contributed by atoms with Crippen LogP contribution in [0, 0.1) is 17.8 Å². The Kier molecular flexibility index (Phi) is 2.54. The highest BCUT2D eigenvalue weighted by Gasteiger charge is 2.42. The molecule has 4 unspecified atom stereocenters. The molecular weight excluding hydrogens is 236 g/mol. The quantitative estimate of drug-likeness (QED) is 0.899. The van der Waals surface area contributed by atoms with E-state index in [0.717, 1.165) is 28.9 Å². The molecule has 2 bridgehead atoms. The molecular formula is C16H20N2O. The van der Waals surface area contributed by atoms with Crippen LogP contribution in [-0.4, -0.2) is 11.0 Å². The molecule has 3 nitrogen and oxygen atoms in total. The molecule has 0 aliphatic heterocycles. The number of hydrogen-bond donors (Lipinski definition) is 1. The Morgan fingerprint density at radius 2 is 2.16 bits per heavy atom. The third-order valence-corrected chi connectivity index (χ3v) is 5.08. The molecule has 1 aromatic carbocycles. The standard InChI is InChI=1S/C16H20N2O/c1-10(13-9-11-6-7-12(13)8-11)17-16-18-14-4-2-3-5-15(14)19-16/h2-5,10-13H,6-9H2,1H3,(H,17,18). The summed E-state index contributed by atoms with van der Waals surface area (Å²) in [6.45, 7) is 2.28. The number of nitrogens with one attached hydrogen (secondary N) is 1. The Bertz CT molecular complexity index is 558. The molecule has 1 aromatic heterocycles. The number of rotatable bonds is 3. The number of aromatic nitrogens is 1. The Balaban J connectivity index is 1.51. The molecule has 2 aromatic rings. The molecule has 0 radical (unpaired) electrons. The Morgan fingerprint density at radius 1 is 1.26 bits per heavy atom. The summed E-state index contributed by atoms with van der Waals surface area (Å²) in [7, 11) is 0. The maximum absolute atomic E-state index is 5.76.